The van der Waals surface area contributed by atoms with Gasteiger partial charge in [-0.1, -0.05) is 12.1 Å². The fourth-order valence-electron chi connectivity index (χ4n) is 3.23. The summed E-state index contributed by atoms with van der Waals surface area (Å²) in [6, 6.07) is 6.29. The number of ether oxygens (including phenoxy) is 2. The number of nitrogens with one attached hydrogen (secondary N) is 1. The maximum atomic E-state index is 6.38. The zero-order valence-corrected chi connectivity index (χ0v) is 14.9. The third kappa shape index (κ3) is 4.78. The molecule has 1 aromatic carbocycles. The molecule has 1 N–H and O–H groups in total. The van der Waals surface area contributed by atoms with Crippen molar-refractivity contribution in [3.8, 4) is 11.5 Å². The van der Waals surface area contributed by atoms with E-state index in [1.54, 1.807) is 7.11 Å². The summed E-state index contributed by atoms with van der Waals surface area (Å²) in [5, 5.41) is 3.41. The summed E-state index contributed by atoms with van der Waals surface area (Å²) in [7, 11) is 1.74. The van der Waals surface area contributed by atoms with E-state index in [0.717, 1.165) is 63.5 Å². The second-order valence-electron chi connectivity index (χ2n) is 6.22. The lowest BCUT2D eigenvalue weighted by atomic mass is 10.1. The highest BCUT2D eigenvalue weighted by Gasteiger charge is 2.20. The van der Waals surface area contributed by atoms with Crippen LogP contribution in [-0.4, -0.2) is 62.3 Å². The Morgan fingerprint density at radius 3 is 2.74 bits per heavy atom. The van der Waals surface area contributed by atoms with Gasteiger partial charge in [-0.05, 0) is 42.4 Å². The molecule has 128 valence electrons. The molecule has 0 spiro atoms. The van der Waals surface area contributed by atoms with Crippen molar-refractivity contribution in [1.29, 1.82) is 0 Å². The maximum Gasteiger partial charge on any atom is 0.164 e. The summed E-state index contributed by atoms with van der Waals surface area (Å²) in [5.41, 5.74) is 1.28. The Hall–Kier alpha value is -0.910. The summed E-state index contributed by atoms with van der Waals surface area (Å²) < 4.78 is 11.9. The molecule has 4 nitrogen and oxygen atoms in total. The average Bonchev–Trinajstić information content (AvgIpc) is 2.62. The third-order valence-corrected chi connectivity index (χ3v) is 5.69. The molecule has 23 heavy (non-hydrogen) atoms. The van der Waals surface area contributed by atoms with Gasteiger partial charge in [0, 0.05) is 32.7 Å². The smallest absolute Gasteiger partial charge is 0.164 e. The van der Waals surface area contributed by atoms with Crippen LogP contribution >= 0.6 is 11.8 Å². The molecule has 0 atom stereocenters. The van der Waals surface area contributed by atoms with Crippen molar-refractivity contribution in [2.24, 2.45) is 0 Å². The van der Waals surface area contributed by atoms with E-state index >= 15 is 0 Å². The van der Waals surface area contributed by atoms with E-state index in [1.165, 1.54) is 17.1 Å². The molecule has 0 aromatic heterocycles. The van der Waals surface area contributed by atoms with Gasteiger partial charge >= 0.3 is 0 Å². The van der Waals surface area contributed by atoms with Crippen molar-refractivity contribution in [1.82, 2.24) is 10.2 Å². The van der Waals surface area contributed by atoms with Crippen LogP contribution in [0.3, 0.4) is 0 Å². The van der Waals surface area contributed by atoms with E-state index in [1.807, 2.05) is 17.8 Å². The molecule has 0 unspecified atom stereocenters. The second-order valence-corrected chi connectivity index (χ2v) is 7.44. The molecule has 2 heterocycles. The van der Waals surface area contributed by atoms with Crippen LogP contribution in [0.4, 0.5) is 0 Å². The normalized spacial score (nSPS) is 20.4. The molecule has 0 amide bonds. The zero-order chi connectivity index (χ0) is 15.9. The molecule has 2 aliphatic heterocycles. The number of methoxy groups -OCH3 is 1. The highest BCUT2D eigenvalue weighted by atomic mass is 32.2. The van der Waals surface area contributed by atoms with Gasteiger partial charge in [-0.2, -0.15) is 11.8 Å². The van der Waals surface area contributed by atoms with Gasteiger partial charge < -0.3 is 19.7 Å². The molecule has 2 saturated heterocycles. The first-order valence-corrected chi connectivity index (χ1v) is 9.85. The number of benzene rings is 1. The fourth-order valence-corrected chi connectivity index (χ4v) is 4.29. The molecule has 0 aliphatic carbocycles. The lowest BCUT2D eigenvalue weighted by Crippen LogP contribution is -2.44. The number of nitrogens with zero attached hydrogens (tertiary/aromatic N) is 1. The quantitative estimate of drug-likeness (QED) is 0.863. The predicted molar refractivity (Wildman–Crippen MR) is 97.0 cm³/mol. The number of thioether (sulfide) groups is 1. The highest BCUT2D eigenvalue weighted by Crippen LogP contribution is 2.34. The molecule has 1 aromatic rings. The Balaban J connectivity index is 1.67. The monoisotopic (exact) mass is 336 g/mol. The number of hydrogen-bond donors (Lipinski definition) is 1. The van der Waals surface area contributed by atoms with Gasteiger partial charge in [0.05, 0.1) is 7.11 Å². The van der Waals surface area contributed by atoms with Gasteiger partial charge in [0.2, 0.25) is 0 Å². The van der Waals surface area contributed by atoms with Crippen LogP contribution in [0.25, 0.3) is 0 Å². The number of rotatable bonds is 6. The topological polar surface area (TPSA) is 33.7 Å². The molecule has 3 rings (SSSR count). The van der Waals surface area contributed by atoms with E-state index in [0.29, 0.717) is 6.10 Å². The molecular weight excluding hydrogens is 308 g/mol. The van der Waals surface area contributed by atoms with Crippen molar-refractivity contribution < 1.29 is 9.47 Å². The lowest BCUT2D eigenvalue weighted by Gasteiger charge is -2.28. The molecule has 2 aliphatic rings. The maximum absolute atomic E-state index is 6.38. The molecular formula is C18H28N2O2S. The minimum atomic E-state index is 0.338. The van der Waals surface area contributed by atoms with E-state index in [4.69, 9.17) is 9.47 Å². The van der Waals surface area contributed by atoms with Gasteiger partial charge in [-0.15, -0.1) is 0 Å². The number of piperazine rings is 1. The summed E-state index contributed by atoms with van der Waals surface area (Å²) in [4.78, 5) is 2.52. The Morgan fingerprint density at radius 2 is 2.00 bits per heavy atom. The van der Waals surface area contributed by atoms with E-state index in [9.17, 15) is 0 Å². The Labute approximate surface area is 143 Å². The predicted octanol–water partition coefficient (Wildman–Crippen LogP) is 2.42. The Bertz CT molecular complexity index is 486. The minimum Gasteiger partial charge on any atom is -0.493 e. The zero-order valence-electron chi connectivity index (χ0n) is 14.1. The van der Waals surface area contributed by atoms with Gasteiger partial charge in [0.15, 0.2) is 11.5 Å². The summed E-state index contributed by atoms with van der Waals surface area (Å²) in [5.74, 6) is 4.26. The fraction of sp³-hybridized carbons (Fsp3) is 0.667. The first kappa shape index (κ1) is 16.9. The van der Waals surface area contributed by atoms with Crippen molar-refractivity contribution in [2.75, 3.05) is 51.3 Å². The van der Waals surface area contributed by atoms with Crippen LogP contribution in [0.1, 0.15) is 18.4 Å². The van der Waals surface area contributed by atoms with Gasteiger partial charge in [0.25, 0.3) is 0 Å². The Kier molecular flexibility index (Phi) is 6.48. The van der Waals surface area contributed by atoms with E-state index in [2.05, 4.69) is 22.3 Å². The molecule has 0 radical (unpaired) electrons. The molecule has 2 fully saturated rings. The number of para-hydroxylation sites is 1. The van der Waals surface area contributed by atoms with Crippen LogP contribution in [0.2, 0.25) is 0 Å². The lowest BCUT2D eigenvalue weighted by molar-refractivity contribution is 0.181. The van der Waals surface area contributed by atoms with Crippen LogP contribution in [0, 0.1) is 0 Å². The van der Waals surface area contributed by atoms with Crippen LogP contribution in [-0.2, 0) is 6.42 Å². The first-order valence-electron chi connectivity index (χ1n) is 8.70. The summed E-state index contributed by atoms with van der Waals surface area (Å²) in [6.45, 7) is 5.56. The molecule has 5 heteroatoms. The van der Waals surface area contributed by atoms with Gasteiger partial charge in [-0.25, -0.2) is 0 Å². The van der Waals surface area contributed by atoms with Gasteiger partial charge in [0.1, 0.15) is 6.10 Å². The van der Waals surface area contributed by atoms with E-state index < -0.39 is 0 Å². The van der Waals surface area contributed by atoms with E-state index in [-0.39, 0.29) is 0 Å². The first-order chi connectivity index (χ1) is 11.4. The van der Waals surface area contributed by atoms with Crippen molar-refractivity contribution in [3.63, 3.8) is 0 Å². The average molecular weight is 337 g/mol. The second kappa shape index (κ2) is 8.81. The summed E-state index contributed by atoms with van der Waals surface area (Å²) >= 11 is 2.03. The largest absolute Gasteiger partial charge is 0.493 e. The molecule has 0 saturated carbocycles. The van der Waals surface area contributed by atoms with Gasteiger partial charge in [-0.3, -0.25) is 0 Å². The standard InChI is InChI=1S/C18H28N2O2S/c1-21-17-4-2-3-15(5-10-20-11-8-19-9-12-20)18(17)22-16-6-13-23-14-7-16/h2-4,16,19H,5-14H2,1H3. The summed E-state index contributed by atoms with van der Waals surface area (Å²) in [6.07, 6.45) is 3.64. The third-order valence-electron chi connectivity index (χ3n) is 4.64. The van der Waals surface area contributed by atoms with Crippen LogP contribution in [0.5, 0.6) is 11.5 Å². The van der Waals surface area contributed by atoms with Crippen molar-refractivity contribution in [2.45, 2.75) is 25.4 Å². The van der Waals surface area contributed by atoms with Crippen molar-refractivity contribution >= 4 is 11.8 Å². The molecule has 0 bridgehead atoms. The van der Waals surface area contributed by atoms with Crippen LogP contribution in [0.15, 0.2) is 18.2 Å². The highest BCUT2D eigenvalue weighted by molar-refractivity contribution is 7.99. The number of hydrogen-bond acceptors (Lipinski definition) is 5. The minimum absolute atomic E-state index is 0.338. The van der Waals surface area contributed by atoms with Crippen LogP contribution < -0.4 is 14.8 Å². The SMILES string of the molecule is COc1cccc(CCN2CCNCC2)c1OC1CCSCC1. The Morgan fingerprint density at radius 1 is 1.22 bits per heavy atom. The van der Waals surface area contributed by atoms with Crippen molar-refractivity contribution in [3.05, 3.63) is 23.8 Å².